The molecule has 0 spiro atoms. The number of primary sulfonamides is 1. The Hall–Kier alpha value is -2.71. The van der Waals surface area contributed by atoms with Gasteiger partial charge in [0.15, 0.2) is 4.67 Å². The second-order valence-corrected chi connectivity index (χ2v) is 10.3. The standard InChI is InChI=1S/C26H25BrN2O3S/c1-18-12-14-23(33(28,30)31)22(16-18)25(19-8-4-2-5-9-19)26(20-10-6-3-7-11-20)29-17-21-13-15-24(27)32-21/h2-16,25-26,29H,17H2,1H3,(H2,28,30,31)/t25-,26+/m1/s1. The number of nitrogens with one attached hydrogen (secondary N) is 1. The van der Waals surface area contributed by atoms with Crippen LogP contribution in [0.5, 0.6) is 0 Å². The lowest BCUT2D eigenvalue weighted by Crippen LogP contribution is -2.29. The topological polar surface area (TPSA) is 85.3 Å². The van der Waals surface area contributed by atoms with E-state index >= 15 is 0 Å². The Morgan fingerprint density at radius 1 is 0.909 bits per heavy atom. The third kappa shape index (κ3) is 5.62. The minimum atomic E-state index is -3.94. The number of hydrogen-bond donors (Lipinski definition) is 2. The van der Waals surface area contributed by atoms with Crippen molar-refractivity contribution < 1.29 is 12.8 Å². The van der Waals surface area contributed by atoms with Gasteiger partial charge in [-0.3, -0.25) is 0 Å². The molecular weight excluding hydrogens is 500 g/mol. The molecule has 2 atom stereocenters. The summed E-state index contributed by atoms with van der Waals surface area (Å²) in [5.41, 5.74) is 3.62. The first-order chi connectivity index (χ1) is 15.8. The maximum absolute atomic E-state index is 12.6. The third-order valence-corrected chi connectivity index (χ3v) is 6.99. The number of nitrogens with two attached hydrogens (primary N) is 1. The summed E-state index contributed by atoms with van der Waals surface area (Å²) in [6.07, 6.45) is 0. The quantitative estimate of drug-likeness (QED) is 0.311. The molecule has 4 aromatic rings. The zero-order valence-corrected chi connectivity index (χ0v) is 20.5. The Balaban J connectivity index is 1.89. The average molecular weight is 525 g/mol. The molecule has 0 radical (unpaired) electrons. The van der Waals surface area contributed by atoms with Crippen LogP contribution >= 0.6 is 15.9 Å². The predicted molar refractivity (Wildman–Crippen MR) is 133 cm³/mol. The molecule has 4 rings (SSSR count). The van der Waals surface area contributed by atoms with Crippen LogP contribution in [0.1, 0.15) is 40.0 Å². The molecule has 170 valence electrons. The van der Waals surface area contributed by atoms with E-state index in [0.717, 1.165) is 22.5 Å². The summed E-state index contributed by atoms with van der Waals surface area (Å²) in [7, 11) is -3.94. The first kappa shape index (κ1) is 23.4. The Labute approximate surface area is 202 Å². The van der Waals surface area contributed by atoms with E-state index in [1.807, 2.05) is 85.8 Å². The van der Waals surface area contributed by atoms with Crippen LogP contribution in [0.15, 0.2) is 105 Å². The fourth-order valence-electron chi connectivity index (χ4n) is 4.13. The van der Waals surface area contributed by atoms with Gasteiger partial charge in [0.05, 0.1) is 11.4 Å². The smallest absolute Gasteiger partial charge is 0.238 e. The summed E-state index contributed by atoms with van der Waals surface area (Å²) >= 11 is 3.35. The molecule has 0 saturated carbocycles. The van der Waals surface area contributed by atoms with Crippen LogP contribution in [0.25, 0.3) is 0 Å². The first-order valence-electron chi connectivity index (χ1n) is 10.5. The monoisotopic (exact) mass is 524 g/mol. The molecule has 1 aromatic heterocycles. The van der Waals surface area contributed by atoms with Gasteiger partial charge in [-0.15, -0.1) is 0 Å². The van der Waals surface area contributed by atoms with E-state index < -0.39 is 10.0 Å². The van der Waals surface area contributed by atoms with Crippen LogP contribution in [0.4, 0.5) is 0 Å². The summed E-state index contributed by atoms with van der Waals surface area (Å²) in [5.74, 6) is 0.450. The van der Waals surface area contributed by atoms with Crippen molar-refractivity contribution in [1.82, 2.24) is 5.32 Å². The van der Waals surface area contributed by atoms with E-state index in [1.165, 1.54) is 0 Å². The van der Waals surface area contributed by atoms with Crippen LogP contribution in [0, 0.1) is 6.92 Å². The highest BCUT2D eigenvalue weighted by Crippen LogP contribution is 2.40. The van der Waals surface area contributed by atoms with Gasteiger partial charge in [-0.1, -0.05) is 78.4 Å². The van der Waals surface area contributed by atoms with Gasteiger partial charge < -0.3 is 9.73 Å². The van der Waals surface area contributed by atoms with Crippen LogP contribution in [-0.2, 0) is 16.6 Å². The predicted octanol–water partition coefficient (Wildman–Crippen LogP) is 5.66. The lowest BCUT2D eigenvalue weighted by Gasteiger charge is -2.31. The van der Waals surface area contributed by atoms with Crippen molar-refractivity contribution >= 4 is 26.0 Å². The minimum absolute atomic E-state index is 0.130. The lowest BCUT2D eigenvalue weighted by molar-refractivity contribution is 0.418. The molecule has 0 unspecified atom stereocenters. The van der Waals surface area contributed by atoms with Crippen LogP contribution in [0.3, 0.4) is 0 Å². The molecule has 0 aliphatic rings. The van der Waals surface area contributed by atoms with Gasteiger partial charge in [-0.2, -0.15) is 0 Å². The van der Waals surface area contributed by atoms with E-state index in [-0.39, 0.29) is 16.9 Å². The molecule has 0 fully saturated rings. The van der Waals surface area contributed by atoms with Crippen molar-refractivity contribution in [2.75, 3.05) is 0 Å². The van der Waals surface area contributed by atoms with E-state index in [9.17, 15) is 8.42 Å². The molecule has 0 aliphatic carbocycles. The van der Waals surface area contributed by atoms with Crippen molar-refractivity contribution in [1.29, 1.82) is 0 Å². The number of hydrogen-bond acceptors (Lipinski definition) is 4. The van der Waals surface area contributed by atoms with Gasteiger partial charge in [0.25, 0.3) is 0 Å². The number of sulfonamides is 1. The third-order valence-electron chi connectivity index (χ3n) is 5.58. The first-order valence-corrected chi connectivity index (χ1v) is 12.9. The molecule has 3 aromatic carbocycles. The normalized spacial score (nSPS) is 13.5. The number of furan rings is 1. The van der Waals surface area contributed by atoms with E-state index in [0.29, 0.717) is 16.8 Å². The summed E-state index contributed by atoms with van der Waals surface area (Å²) in [6.45, 7) is 2.41. The summed E-state index contributed by atoms with van der Waals surface area (Å²) in [4.78, 5) is 0.130. The number of halogens is 1. The van der Waals surface area contributed by atoms with Crippen molar-refractivity contribution in [2.24, 2.45) is 5.14 Å². The fraction of sp³-hybridized carbons (Fsp3) is 0.154. The van der Waals surface area contributed by atoms with Gasteiger partial charge in [-0.25, -0.2) is 13.6 Å². The van der Waals surface area contributed by atoms with Crippen molar-refractivity contribution in [2.45, 2.75) is 30.3 Å². The minimum Gasteiger partial charge on any atom is -0.453 e. The second kappa shape index (κ2) is 10.1. The van der Waals surface area contributed by atoms with Gasteiger partial charge in [-0.05, 0) is 57.7 Å². The molecule has 7 heteroatoms. The zero-order valence-electron chi connectivity index (χ0n) is 18.1. The van der Waals surface area contributed by atoms with E-state index in [4.69, 9.17) is 9.56 Å². The highest BCUT2D eigenvalue weighted by molar-refractivity contribution is 9.10. The average Bonchev–Trinajstić information content (AvgIpc) is 3.22. The second-order valence-electron chi connectivity index (χ2n) is 7.95. The van der Waals surface area contributed by atoms with Gasteiger partial charge in [0, 0.05) is 12.0 Å². The summed E-state index contributed by atoms with van der Waals surface area (Å²) < 4.78 is 31.5. The molecule has 0 bridgehead atoms. The number of benzene rings is 3. The Bertz CT molecular complexity index is 1320. The zero-order chi connectivity index (χ0) is 23.4. The molecule has 33 heavy (non-hydrogen) atoms. The Morgan fingerprint density at radius 3 is 2.12 bits per heavy atom. The van der Waals surface area contributed by atoms with Crippen molar-refractivity contribution in [3.8, 4) is 0 Å². The van der Waals surface area contributed by atoms with Crippen LogP contribution < -0.4 is 10.5 Å². The van der Waals surface area contributed by atoms with Gasteiger partial charge in [0.2, 0.25) is 10.0 Å². The molecule has 5 nitrogen and oxygen atoms in total. The molecule has 3 N–H and O–H groups in total. The number of rotatable bonds is 8. The van der Waals surface area contributed by atoms with Crippen LogP contribution in [0.2, 0.25) is 0 Å². The highest BCUT2D eigenvalue weighted by Gasteiger charge is 2.31. The molecule has 0 saturated heterocycles. The van der Waals surface area contributed by atoms with Gasteiger partial charge >= 0.3 is 0 Å². The van der Waals surface area contributed by atoms with Crippen LogP contribution in [-0.4, -0.2) is 8.42 Å². The maximum Gasteiger partial charge on any atom is 0.238 e. The van der Waals surface area contributed by atoms with Gasteiger partial charge in [0.1, 0.15) is 5.76 Å². The Kier molecular flexibility index (Phi) is 7.14. The fourth-order valence-corrected chi connectivity index (χ4v) is 5.24. The summed E-state index contributed by atoms with van der Waals surface area (Å²) in [6, 6.07) is 28.7. The lowest BCUT2D eigenvalue weighted by atomic mass is 9.81. The van der Waals surface area contributed by atoms with Crippen molar-refractivity contribution in [3.05, 3.63) is 124 Å². The summed E-state index contributed by atoms with van der Waals surface area (Å²) in [5, 5.41) is 9.27. The molecule has 1 heterocycles. The van der Waals surface area contributed by atoms with Crippen molar-refractivity contribution in [3.63, 3.8) is 0 Å². The van der Waals surface area contributed by atoms with E-state index in [1.54, 1.807) is 12.1 Å². The SMILES string of the molecule is Cc1ccc(S(N)(=O)=O)c([C@@H](c2ccccc2)[C@@H](NCc2ccc(Br)o2)c2ccccc2)c1. The largest absolute Gasteiger partial charge is 0.453 e. The molecule has 0 amide bonds. The number of aryl methyl sites for hydroxylation is 1. The highest BCUT2D eigenvalue weighted by atomic mass is 79.9. The molecule has 0 aliphatic heterocycles. The Morgan fingerprint density at radius 2 is 1.55 bits per heavy atom. The van der Waals surface area contributed by atoms with E-state index in [2.05, 4.69) is 21.2 Å². The molecular formula is C26H25BrN2O3S. The maximum atomic E-state index is 12.6.